The van der Waals surface area contributed by atoms with E-state index in [0.29, 0.717) is 12.6 Å². The molecule has 0 spiro atoms. The number of Topliss-reactive ketones (excluding diaryl/α,β-unsaturated/α-hetero) is 1. The minimum atomic E-state index is -1.51. The van der Waals surface area contributed by atoms with Gasteiger partial charge in [-0.2, -0.15) is 4.79 Å². The maximum absolute atomic E-state index is 13.3. The standard InChI is InChI=1S/C28H43N9O7.C2H4O2/c1-16(2)13-21(25(41)34-17(3)22(39)14-33-31)35-26(42)23(18(4)38)37-24(40)20(11-8-12-32-27(29)30)36-28(43)44-15-19-9-6-5-7-10-19;1-2(3)4/h5-7,9-10,14,16-18,20-21,23,38H,8,11-13,15H2,1-4H3,(H,34,41)(H,35,42)(H,36,43)(H,37,40)(H4,29,30,32);1H3,(H,3,4)/t17-,18+,20-,21-,23-;/m0./s1. The summed E-state index contributed by atoms with van der Waals surface area (Å²) in [5, 5.41) is 29.2. The lowest BCUT2D eigenvalue weighted by Gasteiger charge is -2.27. The van der Waals surface area contributed by atoms with Crippen LogP contribution in [-0.2, 0) is 35.3 Å². The molecule has 0 fully saturated rings. The van der Waals surface area contributed by atoms with Crippen molar-refractivity contribution < 1.29 is 53.5 Å². The van der Waals surface area contributed by atoms with Crippen LogP contribution >= 0.6 is 0 Å². The van der Waals surface area contributed by atoms with Crippen LogP contribution in [0.25, 0.3) is 5.53 Å². The smallest absolute Gasteiger partial charge is 0.408 e. The van der Waals surface area contributed by atoms with Crippen LogP contribution in [0.3, 0.4) is 0 Å². The highest BCUT2D eigenvalue weighted by molar-refractivity contribution is 6.28. The van der Waals surface area contributed by atoms with Crippen molar-refractivity contribution in [1.82, 2.24) is 21.3 Å². The molecule has 48 heavy (non-hydrogen) atoms. The second kappa shape index (κ2) is 23.0. The van der Waals surface area contributed by atoms with Gasteiger partial charge in [-0.1, -0.05) is 44.2 Å². The predicted molar refractivity (Wildman–Crippen MR) is 170 cm³/mol. The number of guanidine groups is 1. The van der Waals surface area contributed by atoms with Crippen LogP contribution in [0.2, 0.25) is 0 Å². The summed E-state index contributed by atoms with van der Waals surface area (Å²) in [6.07, 6.45) is -1.06. The van der Waals surface area contributed by atoms with Crippen molar-refractivity contribution in [3.05, 3.63) is 41.4 Å². The second-order valence-corrected chi connectivity index (χ2v) is 11.1. The number of alkyl carbamates (subject to hydrolysis) is 1. The summed E-state index contributed by atoms with van der Waals surface area (Å²) in [5.41, 5.74) is 20.1. The summed E-state index contributed by atoms with van der Waals surface area (Å²) in [6.45, 7) is 7.48. The minimum absolute atomic E-state index is 0.0210. The van der Waals surface area contributed by atoms with Crippen molar-refractivity contribution >= 4 is 47.7 Å². The third-order valence-electron chi connectivity index (χ3n) is 6.19. The molecule has 0 saturated carbocycles. The van der Waals surface area contributed by atoms with Gasteiger partial charge in [0.15, 0.2) is 0 Å². The van der Waals surface area contributed by atoms with E-state index in [2.05, 4.69) is 31.0 Å². The summed E-state index contributed by atoms with van der Waals surface area (Å²) in [4.78, 5) is 78.1. The lowest BCUT2D eigenvalue weighted by molar-refractivity contribution is -0.459. The molecule has 1 aromatic rings. The summed E-state index contributed by atoms with van der Waals surface area (Å²) < 4.78 is 5.22. The molecule has 0 saturated heterocycles. The SMILES string of the molecule is CC(=O)[O-].CC(C)C[C@H](NC(=O)[C@@H](NC(=O)[C@H](CCC[NH+]=C(N)N)NC(=O)OCc1ccccc1)[C@@H](C)O)C(=O)N[C@@H](C)C(=O)C=[N+]=[N-]. The molecular weight excluding hydrogens is 630 g/mol. The fraction of sp³-hybridized carbons (Fsp3) is 0.533. The zero-order chi connectivity index (χ0) is 36.8. The monoisotopic (exact) mass is 677 g/mol. The molecule has 1 rings (SSSR count). The summed E-state index contributed by atoms with van der Waals surface area (Å²) in [6, 6.07) is 4.02. The maximum atomic E-state index is 13.3. The lowest BCUT2D eigenvalue weighted by Crippen LogP contribution is -2.78. The number of rotatable bonds is 18. The highest BCUT2D eigenvalue weighted by Crippen LogP contribution is 2.08. The van der Waals surface area contributed by atoms with Crippen molar-refractivity contribution in [3.63, 3.8) is 0 Å². The van der Waals surface area contributed by atoms with Crippen LogP contribution in [-0.4, -0.2) is 94.5 Å². The average Bonchev–Trinajstić information content (AvgIpc) is 2.99. The zero-order valence-electron chi connectivity index (χ0n) is 27.7. The largest absolute Gasteiger partial charge is 0.550 e. The highest BCUT2D eigenvalue weighted by Gasteiger charge is 2.33. The Kier molecular flexibility index (Phi) is 20.5. The number of carbonyl (C=O) groups excluding carboxylic acids is 6. The Hall–Kier alpha value is -5.35. The van der Waals surface area contributed by atoms with Gasteiger partial charge in [-0.25, -0.2) is 4.79 Å². The van der Waals surface area contributed by atoms with E-state index in [1.807, 2.05) is 19.9 Å². The van der Waals surface area contributed by atoms with Crippen LogP contribution in [0.1, 0.15) is 59.4 Å². The first-order valence-electron chi connectivity index (χ1n) is 15.0. The van der Waals surface area contributed by atoms with Crippen LogP contribution < -0.4 is 42.8 Å². The number of carboxylic acids is 1. The normalized spacial score (nSPS) is 13.3. The number of aliphatic hydroxyl groups is 1. The third-order valence-corrected chi connectivity index (χ3v) is 6.19. The number of aliphatic hydroxyl groups excluding tert-OH is 1. The first kappa shape index (κ1) is 42.6. The van der Waals surface area contributed by atoms with Gasteiger partial charge < -0.3 is 46.5 Å². The van der Waals surface area contributed by atoms with Gasteiger partial charge in [0, 0.05) is 5.97 Å². The Labute approximate surface area is 278 Å². The third kappa shape index (κ3) is 19.2. The molecule has 266 valence electrons. The molecule has 0 aliphatic carbocycles. The predicted octanol–water partition coefficient (Wildman–Crippen LogP) is -4.06. The first-order valence-corrected chi connectivity index (χ1v) is 15.0. The molecule has 1 aromatic carbocycles. The van der Waals surface area contributed by atoms with Crippen molar-refractivity contribution in [1.29, 1.82) is 0 Å². The number of nitrogens with zero attached hydrogens (tertiary/aromatic N) is 2. The van der Waals surface area contributed by atoms with Gasteiger partial charge in [-0.3, -0.25) is 35.6 Å². The molecule has 0 radical (unpaired) electrons. The molecule has 5 atom stereocenters. The second-order valence-electron chi connectivity index (χ2n) is 11.1. The van der Waals surface area contributed by atoms with E-state index in [1.54, 1.807) is 24.3 Å². The Morgan fingerprint density at radius 3 is 2.06 bits per heavy atom. The van der Waals surface area contributed by atoms with Gasteiger partial charge >= 0.3 is 18.3 Å². The van der Waals surface area contributed by atoms with Gasteiger partial charge in [0.05, 0.1) is 18.7 Å². The number of hydrogen-bond donors (Lipinski definition) is 8. The van der Waals surface area contributed by atoms with Gasteiger partial charge in [0.1, 0.15) is 24.7 Å². The number of carboxylic acid groups (broad SMARTS) is 1. The molecule has 4 amide bonds. The van der Waals surface area contributed by atoms with Crippen LogP contribution in [0.15, 0.2) is 30.3 Å². The van der Waals surface area contributed by atoms with E-state index in [-0.39, 0.29) is 37.9 Å². The highest BCUT2D eigenvalue weighted by atomic mass is 16.5. The van der Waals surface area contributed by atoms with E-state index >= 15 is 0 Å². The van der Waals surface area contributed by atoms with Gasteiger partial charge in [0.2, 0.25) is 17.7 Å². The summed E-state index contributed by atoms with van der Waals surface area (Å²) >= 11 is 0. The Morgan fingerprint density at radius 2 is 1.54 bits per heavy atom. The number of ketones is 1. The molecule has 18 nitrogen and oxygen atoms in total. The molecule has 18 heteroatoms. The fourth-order valence-electron chi connectivity index (χ4n) is 3.89. The van der Waals surface area contributed by atoms with Crippen molar-refractivity contribution in [2.75, 3.05) is 6.54 Å². The molecule has 0 aliphatic heterocycles. The van der Waals surface area contributed by atoms with E-state index < -0.39 is 65.8 Å². The first-order chi connectivity index (χ1) is 22.5. The summed E-state index contributed by atoms with van der Waals surface area (Å²) in [5.74, 6) is -4.21. The average molecular weight is 678 g/mol. The number of benzene rings is 1. The number of aliphatic carboxylic acids is 1. The van der Waals surface area contributed by atoms with Gasteiger partial charge in [-0.15, -0.1) is 0 Å². The molecule has 0 bridgehead atoms. The number of carbonyl (C=O) groups is 6. The lowest BCUT2D eigenvalue weighted by atomic mass is 10.0. The Balaban J connectivity index is 0.00000520. The van der Waals surface area contributed by atoms with E-state index in [1.165, 1.54) is 13.8 Å². The molecule has 0 unspecified atom stereocenters. The topological polar surface area (TPSA) is 305 Å². The maximum Gasteiger partial charge on any atom is 0.408 e. The number of nitrogens with two attached hydrogens (primary N) is 2. The number of nitrogens with one attached hydrogen (secondary N) is 5. The Morgan fingerprint density at radius 1 is 0.958 bits per heavy atom. The molecule has 0 aromatic heterocycles. The summed E-state index contributed by atoms with van der Waals surface area (Å²) in [7, 11) is 0. The number of ether oxygens (including phenoxy) is 1. The van der Waals surface area contributed by atoms with Crippen LogP contribution in [0.4, 0.5) is 4.79 Å². The van der Waals surface area contributed by atoms with Crippen molar-refractivity contribution in [2.45, 2.75) is 90.8 Å². The van der Waals surface area contributed by atoms with E-state index in [0.717, 1.165) is 12.5 Å². The number of hydrogen-bond acceptors (Lipinski definition) is 9. The van der Waals surface area contributed by atoms with Crippen LogP contribution in [0, 0.1) is 5.92 Å². The fourth-order valence-corrected chi connectivity index (χ4v) is 3.89. The molecular formula is C30H47N9O9. The zero-order valence-corrected chi connectivity index (χ0v) is 27.7. The van der Waals surface area contributed by atoms with Gasteiger partial charge in [-0.05, 0) is 51.5 Å². The van der Waals surface area contributed by atoms with Gasteiger partial charge in [0.25, 0.3) is 5.78 Å². The van der Waals surface area contributed by atoms with Crippen molar-refractivity contribution in [2.24, 2.45) is 17.4 Å². The van der Waals surface area contributed by atoms with Crippen molar-refractivity contribution in [3.8, 4) is 0 Å². The van der Waals surface area contributed by atoms with E-state index in [4.69, 9.17) is 31.6 Å². The quantitative estimate of drug-likeness (QED) is 0.0243. The number of amides is 4. The molecule has 0 aliphatic rings. The molecule has 10 N–H and O–H groups in total. The van der Waals surface area contributed by atoms with E-state index in [9.17, 15) is 29.1 Å². The Bertz CT molecular complexity index is 1290. The minimum Gasteiger partial charge on any atom is -0.550 e. The molecule has 0 heterocycles. The van der Waals surface area contributed by atoms with Crippen LogP contribution in [0.5, 0.6) is 0 Å².